The van der Waals surface area contributed by atoms with E-state index in [2.05, 4.69) is 4.99 Å². The van der Waals surface area contributed by atoms with Crippen molar-refractivity contribution in [2.75, 3.05) is 44.4 Å². The number of hydrogen-bond donors (Lipinski definition) is 0. The van der Waals surface area contributed by atoms with E-state index in [9.17, 15) is 14.0 Å². The summed E-state index contributed by atoms with van der Waals surface area (Å²) in [4.78, 5) is 35.4. The van der Waals surface area contributed by atoms with Gasteiger partial charge in [-0.15, -0.1) is 0 Å². The number of nitrogens with zero attached hydrogens (tertiary/aromatic N) is 4. The van der Waals surface area contributed by atoms with Crippen LogP contribution in [0, 0.1) is 11.7 Å². The molecule has 0 saturated carbocycles. The molecule has 1 aliphatic carbocycles. The maximum Gasteiger partial charge on any atom is 0.241 e. The molecule has 2 fully saturated rings. The van der Waals surface area contributed by atoms with Crippen LogP contribution in [0.4, 0.5) is 10.1 Å². The van der Waals surface area contributed by atoms with Crippen LogP contribution in [0.2, 0.25) is 0 Å². The van der Waals surface area contributed by atoms with Crippen molar-refractivity contribution in [1.82, 2.24) is 9.80 Å². The van der Waals surface area contributed by atoms with Crippen molar-refractivity contribution in [3.05, 3.63) is 53.8 Å². The van der Waals surface area contributed by atoms with Crippen LogP contribution < -0.4 is 4.90 Å². The first-order valence-corrected chi connectivity index (χ1v) is 12.3. The Morgan fingerprint density at radius 1 is 1.09 bits per heavy atom. The number of allylic oxidation sites excluding steroid dienone is 1. The van der Waals surface area contributed by atoms with Gasteiger partial charge in [0.05, 0.1) is 11.4 Å². The first-order valence-electron chi connectivity index (χ1n) is 11.9. The molecule has 4 aliphatic rings. The summed E-state index contributed by atoms with van der Waals surface area (Å²) in [5, 5.41) is 0.262. The average Bonchev–Trinajstić information content (AvgIpc) is 3.32. The third-order valence-electron chi connectivity index (χ3n) is 6.67. The second kappa shape index (κ2) is 10.2. The zero-order valence-electron chi connectivity index (χ0n) is 19.3. The molecular weight excluding hydrogens is 471 g/mol. The van der Waals surface area contributed by atoms with Gasteiger partial charge in [-0.25, -0.2) is 9.38 Å². The number of carbonyl (C=O) groups is 2. The second-order valence-corrected chi connectivity index (χ2v) is 9.23. The van der Waals surface area contributed by atoms with E-state index in [1.54, 1.807) is 29.2 Å². The molecule has 0 aromatic heterocycles. The molecule has 1 aromatic carbocycles. The third-order valence-corrected chi connectivity index (χ3v) is 6.98. The number of carbonyl (C=O) groups excluding carboxylic acids is 2. The van der Waals surface area contributed by atoms with Gasteiger partial charge in [0.2, 0.25) is 23.7 Å². The fourth-order valence-corrected chi connectivity index (χ4v) is 5.01. The molecule has 2 saturated heterocycles. The summed E-state index contributed by atoms with van der Waals surface area (Å²) in [7, 11) is 0. The van der Waals surface area contributed by atoms with Crippen molar-refractivity contribution in [2.24, 2.45) is 10.9 Å². The number of halogens is 1. The number of piperazine rings is 1. The predicted octanol–water partition coefficient (Wildman–Crippen LogP) is 3.00. The smallest absolute Gasteiger partial charge is 0.241 e. The number of anilines is 1. The lowest BCUT2D eigenvalue weighted by Gasteiger charge is -2.36. The van der Waals surface area contributed by atoms with Crippen LogP contribution in [0.5, 0.6) is 0 Å². The van der Waals surface area contributed by atoms with Gasteiger partial charge in [0, 0.05) is 45.2 Å². The number of fused-ring (bicyclic) bond motifs is 2. The van der Waals surface area contributed by atoms with E-state index in [1.807, 2.05) is 15.9 Å². The summed E-state index contributed by atoms with van der Waals surface area (Å²) in [6, 6.07) is 6.73. The van der Waals surface area contributed by atoms with Gasteiger partial charge >= 0.3 is 0 Å². The second-order valence-electron chi connectivity index (χ2n) is 8.86. The molecule has 1 atom stereocenters. The zero-order valence-corrected chi connectivity index (χ0v) is 20.1. The molecular formula is C25H27FN4O4S. The molecule has 0 N–H and O–H groups in total. The van der Waals surface area contributed by atoms with Crippen molar-refractivity contribution in [2.45, 2.75) is 25.7 Å². The minimum atomic E-state index is -0.508. The van der Waals surface area contributed by atoms with Gasteiger partial charge in [-0.1, -0.05) is 18.6 Å². The molecule has 5 rings (SSSR count). The molecule has 2 amide bonds. The number of amides is 2. The predicted molar refractivity (Wildman–Crippen MR) is 132 cm³/mol. The van der Waals surface area contributed by atoms with Gasteiger partial charge in [-0.05, 0) is 43.3 Å². The lowest BCUT2D eigenvalue weighted by molar-refractivity contribution is -0.132. The minimum Gasteiger partial charge on any atom is -0.454 e. The molecule has 1 unspecified atom stereocenters. The number of thiocarbonyl (C=S) groups is 1. The summed E-state index contributed by atoms with van der Waals surface area (Å²) in [5.41, 5.74) is 1.17. The van der Waals surface area contributed by atoms with Gasteiger partial charge in [-0.2, -0.15) is 0 Å². The number of benzene rings is 1. The van der Waals surface area contributed by atoms with Gasteiger partial charge in [0.25, 0.3) is 0 Å². The Kier molecular flexibility index (Phi) is 6.81. The maximum atomic E-state index is 14.0. The summed E-state index contributed by atoms with van der Waals surface area (Å²) < 4.78 is 24.8. The summed E-state index contributed by atoms with van der Waals surface area (Å²) in [6.45, 7) is 3.03. The Balaban J connectivity index is 1.04. The Hall–Kier alpha value is -3.27. The van der Waals surface area contributed by atoms with Crippen LogP contribution in [0.3, 0.4) is 0 Å². The lowest BCUT2D eigenvalue weighted by Crippen LogP contribution is -2.49. The molecule has 0 spiro atoms. The van der Waals surface area contributed by atoms with Gasteiger partial charge in [-0.3, -0.25) is 14.5 Å². The number of rotatable bonds is 7. The van der Waals surface area contributed by atoms with Crippen LogP contribution in [0.15, 0.2) is 52.9 Å². The average molecular weight is 499 g/mol. The molecule has 3 aliphatic heterocycles. The molecule has 184 valence electrons. The number of para-hydroxylation sites is 1. The molecule has 10 heteroatoms. The highest BCUT2D eigenvalue weighted by Gasteiger charge is 2.38. The molecule has 0 radical (unpaired) electrons. The Bertz CT molecular complexity index is 1130. The van der Waals surface area contributed by atoms with Crippen LogP contribution in [0.1, 0.15) is 25.7 Å². The number of ether oxygens (including phenoxy) is 2. The summed E-state index contributed by atoms with van der Waals surface area (Å²) >= 11 is 5.36. The van der Waals surface area contributed by atoms with Gasteiger partial charge in [0.1, 0.15) is 11.7 Å². The van der Waals surface area contributed by atoms with Crippen molar-refractivity contribution < 1.29 is 23.5 Å². The molecule has 35 heavy (non-hydrogen) atoms. The van der Waals surface area contributed by atoms with Crippen molar-refractivity contribution in [3.63, 3.8) is 0 Å². The quantitative estimate of drug-likeness (QED) is 0.425. The number of aliphatic imine (C=N–C) groups is 1. The van der Waals surface area contributed by atoms with E-state index in [0.29, 0.717) is 62.1 Å². The Morgan fingerprint density at radius 2 is 1.86 bits per heavy atom. The molecule has 8 nitrogen and oxygen atoms in total. The van der Waals surface area contributed by atoms with E-state index in [1.165, 1.54) is 6.07 Å². The maximum absolute atomic E-state index is 14.0. The first-order chi connectivity index (χ1) is 17.0. The van der Waals surface area contributed by atoms with Gasteiger partial charge < -0.3 is 19.3 Å². The molecule has 0 bridgehead atoms. The van der Waals surface area contributed by atoms with Crippen LogP contribution in [-0.4, -0.2) is 72.0 Å². The van der Waals surface area contributed by atoms with Crippen molar-refractivity contribution >= 4 is 40.5 Å². The zero-order chi connectivity index (χ0) is 24.4. The minimum absolute atomic E-state index is 0.109. The van der Waals surface area contributed by atoms with E-state index in [0.717, 1.165) is 19.3 Å². The number of unbranched alkanes of at least 4 members (excludes halogenated alkanes) is 2. The number of hydrogen-bond acceptors (Lipinski definition) is 6. The van der Waals surface area contributed by atoms with Crippen LogP contribution in [-0.2, 0) is 19.1 Å². The van der Waals surface area contributed by atoms with Crippen molar-refractivity contribution in [3.8, 4) is 0 Å². The molecule has 3 heterocycles. The highest BCUT2D eigenvalue weighted by atomic mass is 32.1. The summed E-state index contributed by atoms with van der Waals surface area (Å²) in [6.07, 6.45) is 6.19. The summed E-state index contributed by atoms with van der Waals surface area (Å²) in [5.74, 6) is 0.426. The monoisotopic (exact) mass is 498 g/mol. The highest BCUT2D eigenvalue weighted by Crippen LogP contribution is 2.31. The third kappa shape index (κ3) is 4.93. The van der Waals surface area contributed by atoms with Crippen LogP contribution >= 0.6 is 12.2 Å². The van der Waals surface area contributed by atoms with E-state index >= 15 is 0 Å². The van der Waals surface area contributed by atoms with Crippen molar-refractivity contribution in [1.29, 1.82) is 0 Å². The Labute approximate surface area is 208 Å². The van der Waals surface area contributed by atoms with E-state index in [-0.39, 0.29) is 29.5 Å². The van der Waals surface area contributed by atoms with E-state index < -0.39 is 5.92 Å². The normalized spacial score (nSPS) is 21.5. The fourth-order valence-electron chi connectivity index (χ4n) is 4.73. The topological polar surface area (TPSA) is 74.7 Å². The largest absolute Gasteiger partial charge is 0.454 e. The van der Waals surface area contributed by atoms with Crippen LogP contribution in [0.25, 0.3) is 0 Å². The Morgan fingerprint density at radius 3 is 2.66 bits per heavy atom. The first kappa shape index (κ1) is 23.5. The highest BCUT2D eigenvalue weighted by molar-refractivity contribution is 7.80. The fraction of sp³-hybridized carbons (Fsp3) is 0.440. The lowest BCUT2D eigenvalue weighted by atomic mass is 9.93. The van der Waals surface area contributed by atoms with E-state index in [4.69, 9.17) is 21.7 Å². The van der Waals surface area contributed by atoms with Gasteiger partial charge in [0.15, 0.2) is 11.5 Å². The molecule has 1 aromatic rings. The SMILES string of the molecule is O=C(CCCCCN1C(=O)C2C=C3OCOC3=CC2=NC1=S)N1CCN(c2ccccc2F)CC1. The standard InChI is InChI=1S/C25H27FN4O4S/c26-18-6-3-4-7-20(18)28-10-12-29(13-11-28)23(31)8-2-1-5-9-30-24(32)17-14-21-22(34-16-33-21)15-19(17)27-25(30)35/h3-4,6-7,14-15,17H,1-2,5,8-13,16H2.